The van der Waals surface area contributed by atoms with Crippen molar-refractivity contribution in [1.29, 1.82) is 0 Å². The van der Waals surface area contributed by atoms with Crippen LogP contribution < -0.4 is 5.32 Å². The van der Waals surface area contributed by atoms with E-state index in [1.165, 1.54) is 276 Å². The molecule has 0 aliphatic carbocycles. The Hall–Kier alpha value is -1.14. The SMILES string of the molecule is CCCCCCCCCCCCCCCCCCCCCC(O)C(CO)NC(=O)CCCCCCCCCCCCCCCCCCOC(=O)CCCCCCCCCCCCCCCC. The second-order valence-corrected chi connectivity index (χ2v) is 21.1. The molecule has 0 heterocycles. The number of carbonyl (C=O) groups excluding carboxylic acids is 2. The molecule has 1 amide bonds. The summed E-state index contributed by atoms with van der Waals surface area (Å²) in [5.41, 5.74) is 0. The maximum Gasteiger partial charge on any atom is 0.305 e. The molecular weight excluding hydrogens is 815 g/mol. The number of esters is 1. The standard InChI is InChI=1S/C60H119NO5/c1-3-5-7-9-11-13-15-17-19-20-21-22-25-28-32-36-40-44-48-52-58(63)57(56-62)61-59(64)53-49-45-41-37-33-29-26-23-24-27-31-35-39-43-47-51-55-66-60(65)54-50-46-42-38-34-30-18-16-14-12-10-8-6-4-2/h57-58,62-63H,3-56H2,1-2H3,(H,61,64). The summed E-state index contributed by atoms with van der Waals surface area (Å²) in [6.45, 7) is 4.97. The van der Waals surface area contributed by atoms with Crippen molar-refractivity contribution >= 4 is 11.9 Å². The molecule has 394 valence electrons. The van der Waals surface area contributed by atoms with E-state index in [9.17, 15) is 19.8 Å². The normalized spacial score (nSPS) is 12.5. The van der Waals surface area contributed by atoms with Gasteiger partial charge in [-0.05, 0) is 25.7 Å². The summed E-state index contributed by atoms with van der Waals surface area (Å²) in [5.74, 6) is -0.0308. The molecule has 6 heteroatoms. The molecule has 0 bridgehead atoms. The number of amides is 1. The Balaban J connectivity index is 3.41. The zero-order chi connectivity index (χ0) is 47.9. The predicted molar refractivity (Wildman–Crippen MR) is 287 cm³/mol. The largest absolute Gasteiger partial charge is 0.466 e. The highest BCUT2D eigenvalue weighted by Gasteiger charge is 2.20. The molecule has 0 fully saturated rings. The molecule has 6 nitrogen and oxygen atoms in total. The highest BCUT2D eigenvalue weighted by atomic mass is 16.5. The lowest BCUT2D eigenvalue weighted by Crippen LogP contribution is -2.45. The molecule has 2 atom stereocenters. The first-order chi connectivity index (χ1) is 32.5. The smallest absolute Gasteiger partial charge is 0.305 e. The van der Waals surface area contributed by atoms with Crippen LogP contribution in [0.4, 0.5) is 0 Å². The second kappa shape index (κ2) is 56.4. The van der Waals surface area contributed by atoms with Gasteiger partial charge in [0.25, 0.3) is 0 Å². The summed E-state index contributed by atoms with van der Waals surface area (Å²) in [6, 6.07) is -0.546. The molecule has 0 aromatic carbocycles. The third-order valence-electron chi connectivity index (χ3n) is 14.4. The average molecular weight is 935 g/mol. The van der Waals surface area contributed by atoms with Gasteiger partial charge < -0.3 is 20.3 Å². The monoisotopic (exact) mass is 934 g/mol. The molecule has 0 spiro atoms. The summed E-state index contributed by atoms with van der Waals surface area (Å²) >= 11 is 0. The molecule has 0 radical (unpaired) electrons. The van der Waals surface area contributed by atoms with Gasteiger partial charge in [-0.3, -0.25) is 9.59 Å². The van der Waals surface area contributed by atoms with Crippen LogP contribution >= 0.6 is 0 Å². The van der Waals surface area contributed by atoms with Crippen LogP contribution in [-0.4, -0.2) is 47.4 Å². The topological polar surface area (TPSA) is 95.9 Å². The highest BCUT2D eigenvalue weighted by molar-refractivity contribution is 5.76. The predicted octanol–water partition coefficient (Wildman–Crippen LogP) is 18.7. The minimum atomic E-state index is -0.668. The molecule has 0 aromatic heterocycles. The Kier molecular flexibility index (Phi) is 55.5. The zero-order valence-corrected chi connectivity index (χ0v) is 45.0. The molecule has 0 aliphatic heterocycles. The van der Waals surface area contributed by atoms with Crippen molar-refractivity contribution in [3.8, 4) is 0 Å². The van der Waals surface area contributed by atoms with Crippen LogP contribution in [-0.2, 0) is 14.3 Å². The molecule has 0 rings (SSSR count). The van der Waals surface area contributed by atoms with Gasteiger partial charge >= 0.3 is 5.97 Å². The quantitative estimate of drug-likeness (QED) is 0.0417. The van der Waals surface area contributed by atoms with E-state index in [1.807, 2.05) is 0 Å². The van der Waals surface area contributed by atoms with Crippen molar-refractivity contribution in [2.75, 3.05) is 13.2 Å². The summed E-state index contributed by atoms with van der Waals surface area (Å²) in [7, 11) is 0. The van der Waals surface area contributed by atoms with Crippen molar-refractivity contribution < 1.29 is 24.5 Å². The van der Waals surface area contributed by atoms with Gasteiger partial charge in [-0.25, -0.2) is 0 Å². The number of carbonyl (C=O) groups is 2. The van der Waals surface area contributed by atoms with E-state index in [4.69, 9.17) is 4.74 Å². The molecule has 2 unspecified atom stereocenters. The van der Waals surface area contributed by atoms with E-state index >= 15 is 0 Å². The average Bonchev–Trinajstić information content (AvgIpc) is 3.32. The van der Waals surface area contributed by atoms with Gasteiger partial charge in [0.15, 0.2) is 0 Å². The molecule has 3 N–H and O–H groups in total. The summed E-state index contributed by atoms with van der Waals surface area (Å²) in [6.07, 6.45) is 65.2. The van der Waals surface area contributed by atoms with E-state index in [2.05, 4.69) is 19.2 Å². The van der Waals surface area contributed by atoms with Crippen molar-refractivity contribution in [1.82, 2.24) is 5.32 Å². The number of ether oxygens (including phenoxy) is 1. The number of aliphatic hydroxyl groups excluding tert-OH is 2. The Labute approximate surface area is 413 Å². The minimum absolute atomic E-state index is 0.00671. The van der Waals surface area contributed by atoms with Crippen LogP contribution in [0.15, 0.2) is 0 Å². The number of hydrogen-bond donors (Lipinski definition) is 3. The van der Waals surface area contributed by atoms with Crippen LogP contribution in [0.3, 0.4) is 0 Å². The highest BCUT2D eigenvalue weighted by Crippen LogP contribution is 2.18. The van der Waals surface area contributed by atoms with Gasteiger partial charge in [-0.2, -0.15) is 0 Å². The molecular formula is C60H119NO5. The molecule has 66 heavy (non-hydrogen) atoms. The lowest BCUT2D eigenvalue weighted by Gasteiger charge is -2.22. The van der Waals surface area contributed by atoms with Gasteiger partial charge in [0, 0.05) is 12.8 Å². The third kappa shape index (κ3) is 52.2. The lowest BCUT2D eigenvalue weighted by molar-refractivity contribution is -0.143. The summed E-state index contributed by atoms with van der Waals surface area (Å²) < 4.78 is 5.48. The minimum Gasteiger partial charge on any atom is -0.466 e. The lowest BCUT2D eigenvalue weighted by atomic mass is 10.0. The van der Waals surface area contributed by atoms with E-state index < -0.39 is 12.1 Å². The first-order valence-electron chi connectivity index (χ1n) is 30.3. The Morgan fingerprint density at radius 1 is 0.364 bits per heavy atom. The van der Waals surface area contributed by atoms with Crippen molar-refractivity contribution in [2.24, 2.45) is 0 Å². The van der Waals surface area contributed by atoms with E-state index in [0.29, 0.717) is 25.9 Å². The maximum absolute atomic E-state index is 12.5. The molecule has 0 saturated carbocycles. The van der Waals surface area contributed by atoms with Crippen LogP contribution in [0.25, 0.3) is 0 Å². The number of aliphatic hydroxyl groups is 2. The number of hydrogen-bond acceptors (Lipinski definition) is 5. The fourth-order valence-electron chi connectivity index (χ4n) is 9.76. The van der Waals surface area contributed by atoms with Crippen LogP contribution in [0.1, 0.15) is 348 Å². The number of unbranched alkanes of at least 4 members (excludes halogenated alkanes) is 46. The van der Waals surface area contributed by atoms with Gasteiger partial charge in [-0.15, -0.1) is 0 Å². The third-order valence-corrected chi connectivity index (χ3v) is 14.4. The maximum atomic E-state index is 12.5. The van der Waals surface area contributed by atoms with Crippen LogP contribution in [0, 0.1) is 0 Å². The first-order valence-corrected chi connectivity index (χ1v) is 30.3. The Morgan fingerprint density at radius 2 is 0.621 bits per heavy atom. The van der Waals surface area contributed by atoms with Gasteiger partial charge in [-0.1, -0.05) is 309 Å². The molecule has 0 aliphatic rings. The number of nitrogens with one attached hydrogen (secondary N) is 1. The van der Waals surface area contributed by atoms with Crippen LogP contribution in [0.2, 0.25) is 0 Å². The molecule has 0 aromatic rings. The van der Waals surface area contributed by atoms with Crippen molar-refractivity contribution in [3.63, 3.8) is 0 Å². The van der Waals surface area contributed by atoms with Gasteiger partial charge in [0.1, 0.15) is 0 Å². The van der Waals surface area contributed by atoms with E-state index in [0.717, 1.165) is 38.5 Å². The van der Waals surface area contributed by atoms with Gasteiger partial charge in [0.05, 0.1) is 25.4 Å². The molecule has 0 saturated heterocycles. The second-order valence-electron chi connectivity index (χ2n) is 21.1. The Morgan fingerprint density at radius 3 is 0.924 bits per heavy atom. The van der Waals surface area contributed by atoms with Crippen molar-refractivity contribution in [3.05, 3.63) is 0 Å². The van der Waals surface area contributed by atoms with E-state index in [1.54, 1.807) is 0 Å². The first kappa shape index (κ1) is 64.9. The summed E-state index contributed by atoms with van der Waals surface area (Å²) in [5, 5.41) is 23.3. The van der Waals surface area contributed by atoms with Crippen LogP contribution in [0.5, 0.6) is 0 Å². The van der Waals surface area contributed by atoms with Gasteiger partial charge in [0.2, 0.25) is 5.91 Å². The summed E-state index contributed by atoms with van der Waals surface area (Å²) in [4.78, 5) is 24.6. The Bertz CT molecular complexity index is 944. The zero-order valence-electron chi connectivity index (χ0n) is 45.0. The number of rotatable bonds is 57. The fourth-order valence-corrected chi connectivity index (χ4v) is 9.76. The van der Waals surface area contributed by atoms with Crippen molar-refractivity contribution in [2.45, 2.75) is 360 Å². The fraction of sp³-hybridized carbons (Fsp3) is 0.967. The van der Waals surface area contributed by atoms with E-state index in [-0.39, 0.29) is 18.5 Å².